The number of hydrogen-bond acceptors (Lipinski definition) is 2. The van der Waals surface area contributed by atoms with Gasteiger partial charge in [-0.25, -0.2) is 0 Å². The molecular formula is C49H35NO. The van der Waals surface area contributed by atoms with Gasteiger partial charge in [0.25, 0.3) is 0 Å². The highest BCUT2D eigenvalue weighted by Crippen LogP contribution is 2.51. The second-order valence-electron chi connectivity index (χ2n) is 14.1. The summed E-state index contributed by atoms with van der Waals surface area (Å²) in [6.45, 7) is 4.69. The molecule has 0 saturated carbocycles. The Bertz CT molecular complexity index is 2770. The van der Waals surface area contributed by atoms with E-state index in [1.54, 1.807) is 0 Å². The molecule has 0 atom stereocenters. The van der Waals surface area contributed by atoms with Crippen LogP contribution in [0.3, 0.4) is 0 Å². The molecule has 9 aromatic rings. The van der Waals surface area contributed by atoms with E-state index in [4.69, 9.17) is 4.42 Å². The molecule has 0 saturated heterocycles. The average molecular weight is 654 g/mol. The standard InChI is InChI=1S/C49H35NO/c1-49(2)44-18-10-8-16-40(44)41-28-25-37(31-45(41)49)50(36-26-29-47-43(30-36)42-17-9-11-19-46(42)51-47)35-23-20-33(21-24-35)39-27-22-32-12-6-7-15-38(32)48(39)34-13-4-3-5-14-34/h3-31H,1-2H3. The summed E-state index contributed by atoms with van der Waals surface area (Å²) in [5, 5.41) is 4.74. The molecule has 1 aliphatic carbocycles. The summed E-state index contributed by atoms with van der Waals surface area (Å²) in [5.41, 5.74) is 15.3. The van der Waals surface area contributed by atoms with Gasteiger partial charge in [-0.05, 0) is 104 Å². The summed E-state index contributed by atoms with van der Waals surface area (Å²) in [6, 6.07) is 63.7. The number of fused-ring (bicyclic) bond motifs is 7. The summed E-state index contributed by atoms with van der Waals surface area (Å²) < 4.78 is 6.25. The van der Waals surface area contributed by atoms with E-state index < -0.39 is 0 Å². The molecule has 0 spiro atoms. The molecule has 2 nitrogen and oxygen atoms in total. The topological polar surface area (TPSA) is 16.4 Å². The third kappa shape index (κ3) is 4.64. The number of hydrogen-bond donors (Lipinski definition) is 0. The van der Waals surface area contributed by atoms with Crippen molar-refractivity contribution >= 4 is 49.8 Å². The Hall–Kier alpha value is -6.38. The number of anilines is 3. The molecular weight excluding hydrogens is 619 g/mol. The Morgan fingerprint density at radius 1 is 0.412 bits per heavy atom. The third-order valence-corrected chi connectivity index (χ3v) is 10.9. The van der Waals surface area contributed by atoms with Gasteiger partial charge in [-0.2, -0.15) is 0 Å². The van der Waals surface area contributed by atoms with Crippen LogP contribution in [0.2, 0.25) is 0 Å². The molecule has 0 bridgehead atoms. The van der Waals surface area contributed by atoms with Crippen LogP contribution in [0.25, 0.3) is 66.1 Å². The Morgan fingerprint density at radius 3 is 1.90 bits per heavy atom. The van der Waals surface area contributed by atoms with Gasteiger partial charge in [-0.15, -0.1) is 0 Å². The van der Waals surface area contributed by atoms with E-state index in [-0.39, 0.29) is 5.41 Å². The monoisotopic (exact) mass is 653 g/mol. The highest BCUT2D eigenvalue weighted by Gasteiger charge is 2.35. The number of benzene rings is 8. The maximum atomic E-state index is 6.25. The van der Waals surface area contributed by atoms with E-state index in [1.165, 1.54) is 55.3 Å². The first kappa shape index (κ1) is 29.5. The minimum absolute atomic E-state index is 0.105. The first-order valence-electron chi connectivity index (χ1n) is 17.7. The van der Waals surface area contributed by atoms with Crippen LogP contribution in [0.5, 0.6) is 0 Å². The van der Waals surface area contributed by atoms with E-state index in [9.17, 15) is 0 Å². The fourth-order valence-electron chi connectivity index (χ4n) is 8.35. The molecule has 0 amide bonds. The first-order valence-corrected chi connectivity index (χ1v) is 17.7. The van der Waals surface area contributed by atoms with Crippen LogP contribution in [0.15, 0.2) is 180 Å². The van der Waals surface area contributed by atoms with Crippen molar-refractivity contribution in [3.05, 3.63) is 187 Å². The highest BCUT2D eigenvalue weighted by molar-refractivity contribution is 6.07. The van der Waals surface area contributed by atoms with Crippen LogP contribution in [-0.4, -0.2) is 0 Å². The summed E-state index contributed by atoms with van der Waals surface area (Å²) in [4.78, 5) is 2.39. The van der Waals surface area contributed by atoms with Crippen molar-refractivity contribution in [2.24, 2.45) is 0 Å². The SMILES string of the molecule is CC1(C)c2ccccc2-c2ccc(N(c3ccc(-c4ccc5ccccc5c4-c4ccccc4)cc3)c3ccc4oc5ccccc5c4c3)cc21. The van der Waals surface area contributed by atoms with Crippen LogP contribution in [0, 0.1) is 0 Å². The van der Waals surface area contributed by atoms with Gasteiger partial charge in [-0.1, -0.05) is 141 Å². The summed E-state index contributed by atoms with van der Waals surface area (Å²) >= 11 is 0. The van der Waals surface area contributed by atoms with Crippen LogP contribution in [0.1, 0.15) is 25.0 Å². The first-order chi connectivity index (χ1) is 25.0. The van der Waals surface area contributed by atoms with E-state index >= 15 is 0 Å². The normalized spacial score (nSPS) is 13.1. The van der Waals surface area contributed by atoms with Crippen LogP contribution in [-0.2, 0) is 5.41 Å². The quantitative estimate of drug-likeness (QED) is 0.184. The molecule has 0 unspecified atom stereocenters. The molecule has 0 N–H and O–H groups in total. The number of nitrogens with zero attached hydrogens (tertiary/aromatic N) is 1. The number of furan rings is 1. The lowest BCUT2D eigenvalue weighted by atomic mass is 9.82. The Labute approximate surface area is 297 Å². The van der Waals surface area contributed by atoms with Gasteiger partial charge in [0, 0.05) is 33.2 Å². The predicted octanol–water partition coefficient (Wildman–Crippen LogP) is 13.8. The fraction of sp³-hybridized carbons (Fsp3) is 0.0612. The largest absolute Gasteiger partial charge is 0.456 e. The van der Waals surface area contributed by atoms with Crippen molar-refractivity contribution in [2.75, 3.05) is 4.90 Å². The van der Waals surface area contributed by atoms with Gasteiger partial charge < -0.3 is 9.32 Å². The second kappa shape index (κ2) is 11.3. The van der Waals surface area contributed by atoms with E-state index in [1.807, 2.05) is 12.1 Å². The minimum atomic E-state index is -0.105. The molecule has 0 fully saturated rings. The molecule has 242 valence electrons. The van der Waals surface area contributed by atoms with E-state index in [0.29, 0.717) is 0 Å². The number of para-hydroxylation sites is 1. The summed E-state index contributed by atoms with van der Waals surface area (Å²) in [6.07, 6.45) is 0. The van der Waals surface area contributed by atoms with Crippen LogP contribution < -0.4 is 4.90 Å². The lowest BCUT2D eigenvalue weighted by molar-refractivity contribution is 0.660. The lowest BCUT2D eigenvalue weighted by Crippen LogP contribution is -2.16. The van der Waals surface area contributed by atoms with Gasteiger partial charge in [0.1, 0.15) is 11.2 Å². The third-order valence-electron chi connectivity index (χ3n) is 10.9. The van der Waals surface area contributed by atoms with E-state index in [0.717, 1.165) is 39.0 Å². The van der Waals surface area contributed by atoms with Gasteiger partial charge in [0.2, 0.25) is 0 Å². The van der Waals surface area contributed by atoms with Gasteiger partial charge >= 0.3 is 0 Å². The van der Waals surface area contributed by atoms with Crippen molar-refractivity contribution in [1.82, 2.24) is 0 Å². The van der Waals surface area contributed by atoms with Crippen molar-refractivity contribution < 1.29 is 4.42 Å². The molecule has 1 heterocycles. The average Bonchev–Trinajstić information content (AvgIpc) is 3.66. The molecule has 1 aliphatic rings. The smallest absolute Gasteiger partial charge is 0.135 e. The zero-order chi connectivity index (χ0) is 34.1. The van der Waals surface area contributed by atoms with Crippen molar-refractivity contribution in [1.29, 1.82) is 0 Å². The Balaban J connectivity index is 1.15. The predicted molar refractivity (Wildman–Crippen MR) is 214 cm³/mol. The Morgan fingerprint density at radius 2 is 1.04 bits per heavy atom. The van der Waals surface area contributed by atoms with Gasteiger partial charge in [0.15, 0.2) is 0 Å². The minimum Gasteiger partial charge on any atom is -0.456 e. The van der Waals surface area contributed by atoms with Crippen molar-refractivity contribution in [3.63, 3.8) is 0 Å². The summed E-state index contributed by atoms with van der Waals surface area (Å²) in [7, 11) is 0. The Kier molecular flexibility index (Phi) is 6.56. The van der Waals surface area contributed by atoms with Crippen molar-refractivity contribution in [3.8, 4) is 33.4 Å². The van der Waals surface area contributed by atoms with Crippen molar-refractivity contribution in [2.45, 2.75) is 19.3 Å². The fourth-order valence-corrected chi connectivity index (χ4v) is 8.35. The highest BCUT2D eigenvalue weighted by atomic mass is 16.3. The molecule has 0 radical (unpaired) electrons. The molecule has 1 aromatic heterocycles. The van der Waals surface area contributed by atoms with Crippen LogP contribution >= 0.6 is 0 Å². The van der Waals surface area contributed by atoms with E-state index in [2.05, 4.69) is 183 Å². The zero-order valence-electron chi connectivity index (χ0n) is 28.6. The molecule has 8 aromatic carbocycles. The van der Waals surface area contributed by atoms with Gasteiger partial charge in [-0.3, -0.25) is 0 Å². The summed E-state index contributed by atoms with van der Waals surface area (Å²) in [5.74, 6) is 0. The molecule has 10 rings (SSSR count). The molecule has 2 heteroatoms. The lowest BCUT2D eigenvalue weighted by Gasteiger charge is -2.28. The molecule has 0 aliphatic heterocycles. The van der Waals surface area contributed by atoms with Gasteiger partial charge in [0.05, 0.1) is 0 Å². The second-order valence-corrected chi connectivity index (χ2v) is 14.1. The molecule has 51 heavy (non-hydrogen) atoms. The maximum absolute atomic E-state index is 6.25. The zero-order valence-corrected chi connectivity index (χ0v) is 28.6. The van der Waals surface area contributed by atoms with Crippen LogP contribution in [0.4, 0.5) is 17.1 Å². The maximum Gasteiger partial charge on any atom is 0.135 e. The number of rotatable bonds is 5.